The summed E-state index contributed by atoms with van der Waals surface area (Å²) in [4.78, 5) is 14.5. The van der Waals surface area contributed by atoms with Crippen LogP contribution in [-0.4, -0.2) is 38.0 Å². The predicted octanol–water partition coefficient (Wildman–Crippen LogP) is 3.87. The number of hydrogen-bond donors (Lipinski definition) is 0. The standard InChI is InChI=1S/C18H24N4O2.2ClH/c1-18(2,3)24-17(23)15-13-22(20-19-15)16-10-7-11-21(16)12-14-8-5-4-6-9-14;;/h4-6,8-9,13,16H,7,10-12H2,1-3H3;2*1H. The van der Waals surface area contributed by atoms with Crippen molar-refractivity contribution in [3.63, 3.8) is 0 Å². The van der Waals surface area contributed by atoms with Crippen LogP contribution in [-0.2, 0) is 11.3 Å². The summed E-state index contributed by atoms with van der Waals surface area (Å²) in [7, 11) is 0. The largest absolute Gasteiger partial charge is 0.455 e. The molecule has 1 aromatic heterocycles. The topological polar surface area (TPSA) is 60.2 Å². The van der Waals surface area contributed by atoms with Gasteiger partial charge in [-0.1, -0.05) is 35.5 Å². The highest BCUT2D eigenvalue weighted by Gasteiger charge is 2.28. The van der Waals surface area contributed by atoms with E-state index < -0.39 is 11.6 Å². The first-order chi connectivity index (χ1) is 11.4. The smallest absolute Gasteiger partial charge is 0.361 e. The summed E-state index contributed by atoms with van der Waals surface area (Å²) < 4.78 is 7.14. The minimum Gasteiger partial charge on any atom is -0.455 e. The Morgan fingerprint density at radius 3 is 2.58 bits per heavy atom. The molecule has 2 heterocycles. The SMILES string of the molecule is CC(C)(C)OC(=O)c1cn(C2CCCN2Cc2ccccc2)nn1.Cl.Cl. The van der Waals surface area contributed by atoms with Crippen molar-refractivity contribution in [2.24, 2.45) is 0 Å². The first kappa shape index (κ1) is 22.4. The molecule has 0 N–H and O–H groups in total. The third-order valence-electron chi connectivity index (χ3n) is 3.98. The number of rotatable bonds is 4. The summed E-state index contributed by atoms with van der Waals surface area (Å²) in [5.41, 5.74) is 1.00. The van der Waals surface area contributed by atoms with Crippen LogP contribution in [0.2, 0.25) is 0 Å². The quantitative estimate of drug-likeness (QED) is 0.728. The van der Waals surface area contributed by atoms with Crippen LogP contribution in [0, 0.1) is 0 Å². The highest BCUT2D eigenvalue weighted by Crippen LogP contribution is 2.28. The number of likely N-dealkylation sites (tertiary alicyclic amines) is 1. The maximum atomic E-state index is 12.1. The second kappa shape index (κ2) is 9.35. The molecule has 1 aliphatic rings. The maximum absolute atomic E-state index is 12.1. The molecule has 3 rings (SSSR count). The fourth-order valence-electron chi connectivity index (χ4n) is 2.96. The van der Waals surface area contributed by atoms with Crippen LogP contribution < -0.4 is 0 Å². The zero-order valence-electron chi connectivity index (χ0n) is 15.3. The second-order valence-electron chi connectivity index (χ2n) is 7.16. The van der Waals surface area contributed by atoms with E-state index in [9.17, 15) is 4.79 Å². The summed E-state index contributed by atoms with van der Waals surface area (Å²) in [6.45, 7) is 7.41. The first-order valence-corrected chi connectivity index (χ1v) is 8.35. The molecule has 144 valence electrons. The molecule has 8 heteroatoms. The van der Waals surface area contributed by atoms with Crippen LogP contribution in [0.1, 0.15) is 55.8 Å². The molecule has 1 fully saturated rings. The highest BCUT2D eigenvalue weighted by molar-refractivity contribution is 5.87. The Balaban J connectivity index is 0.00000169. The van der Waals surface area contributed by atoms with Crippen molar-refractivity contribution >= 4 is 30.8 Å². The van der Waals surface area contributed by atoms with E-state index in [2.05, 4.69) is 39.5 Å². The van der Waals surface area contributed by atoms with Crippen molar-refractivity contribution in [3.05, 3.63) is 47.8 Å². The molecule has 1 unspecified atom stereocenters. The molecule has 0 saturated carbocycles. The third-order valence-corrected chi connectivity index (χ3v) is 3.98. The molecule has 1 atom stereocenters. The monoisotopic (exact) mass is 400 g/mol. The van der Waals surface area contributed by atoms with Crippen molar-refractivity contribution in [1.29, 1.82) is 0 Å². The molecule has 1 saturated heterocycles. The second-order valence-corrected chi connectivity index (χ2v) is 7.16. The van der Waals surface area contributed by atoms with Gasteiger partial charge in [0.05, 0.1) is 6.20 Å². The minimum atomic E-state index is -0.534. The third kappa shape index (κ3) is 5.69. The number of ether oxygens (including phenoxy) is 1. The van der Waals surface area contributed by atoms with Gasteiger partial charge in [0.1, 0.15) is 11.8 Å². The summed E-state index contributed by atoms with van der Waals surface area (Å²) in [5.74, 6) is -0.429. The van der Waals surface area contributed by atoms with Gasteiger partial charge in [-0.2, -0.15) is 0 Å². The summed E-state index contributed by atoms with van der Waals surface area (Å²) in [6, 6.07) is 10.4. The Labute approximate surface area is 166 Å². The lowest BCUT2D eigenvalue weighted by atomic mass is 10.2. The zero-order chi connectivity index (χ0) is 17.2. The van der Waals surface area contributed by atoms with Crippen molar-refractivity contribution in [1.82, 2.24) is 19.9 Å². The molecule has 0 bridgehead atoms. The number of carbonyl (C=O) groups excluding carboxylic acids is 1. The molecular weight excluding hydrogens is 375 g/mol. The van der Waals surface area contributed by atoms with Gasteiger partial charge in [0, 0.05) is 13.1 Å². The van der Waals surface area contributed by atoms with E-state index in [1.807, 2.05) is 26.8 Å². The first-order valence-electron chi connectivity index (χ1n) is 8.35. The minimum absolute atomic E-state index is 0. The van der Waals surface area contributed by atoms with Gasteiger partial charge in [0.25, 0.3) is 0 Å². The van der Waals surface area contributed by atoms with Crippen LogP contribution in [0.15, 0.2) is 36.5 Å². The molecule has 0 radical (unpaired) electrons. The normalized spacial score (nSPS) is 17.3. The number of hydrogen-bond acceptors (Lipinski definition) is 5. The van der Waals surface area contributed by atoms with E-state index in [0.29, 0.717) is 0 Å². The number of benzene rings is 1. The van der Waals surface area contributed by atoms with Crippen LogP contribution in [0.3, 0.4) is 0 Å². The Morgan fingerprint density at radius 1 is 1.23 bits per heavy atom. The van der Waals surface area contributed by atoms with Crippen LogP contribution in [0.4, 0.5) is 0 Å². The average Bonchev–Trinajstić information content (AvgIpc) is 3.15. The molecule has 0 amide bonds. The molecule has 2 aromatic rings. The van der Waals surface area contributed by atoms with Crippen molar-refractivity contribution in [2.45, 2.75) is 51.9 Å². The average molecular weight is 401 g/mol. The molecule has 1 aromatic carbocycles. The van der Waals surface area contributed by atoms with Gasteiger partial charge in [0.15, 0.2) is 5.69 Å². The number of aromatic nitrogens is 3. The fraction of sp³-hybridized carbons (Fsp3) is 0.500. The van der Waals surface area contributed by atoms with Gasteiger partial charge in [0.2, 0.25) is 0 Å². The van der Waals surface area contributed by atoms with E-state index in [-0.39, 0.29) is 36.7 Å². The van der Waals surface area contributed by atoms with Gasteiger partial charge in [-0.25, -0.2) is 9.48 Å². The van der Waals surface area contributed by atoms with Crippen LogP contribution in [0.5, 0.6) is 0 Å². The molecule has 0 aliphatic carbocycles. The molecule has 26 heavy (non-hydrogen) atoms. The summed E-state index contributed by atoms with van der Waals surface area (Å²) in [5, 5.41) is 8.16. The van der Waals surface area contributed by atoms with Crippen LogP contribution in [0.25, 0.3) is 0 Å². The van der Waals surface area contributed by atoms with Gasteiger partial charge < -0.3 is 4.74 Å². The van der Waals surface area contributed by atoms with Crippen molar-refractivity contribution in [2.75, 3.05) is 6.54 Å². The van der Waals surface area contributed by atoms with Crippen molar-refractivity contribution in [3.8, 4) is 0 Å². The number of carbonyl (C=O) groups is 1. The molecule has 6 nitrogen and oxygen atoms in total. The van der Waals surface area contributed by atoms with E-state index in [0.717, 1.165) is 25.9 Å². The number of esters is 1. The van der Waals surface area contributed by atoms with E-state index in [1.54, 1.807) is 10.9 Å². The van der Waals surface area contributed by atoms with E-state index in [4.69, 9.17) is 4.74 Å². The Bertz CT molecular complexity index is 701. The lowest BCUT2D eigenvalue weighted by molar-refractivity contribution is 0.00626. The maximum Gasteiger partial charge on any atom is 0.361 e. The Kier molecular flexibility index (Phi) is 8.06. The van der Waals surface area contributed by atoms with E-state index in [1.165, 1.54) is 5.56 Å². The highest BCUT2D eigenvalue weighted by atomic mass is 35.5. The fourth-order valence-corrected chi connectivity index (χ4v) is 2.96. The summed E-state index contributed by atoms with van der Waals surface area (Å²) >= 11 is 0. The molecule has 0 spiro atoms. The van der Waals surface area contributed by atoms with Crippen molar-refractivity contribution < 1.29 is 9.53 Å². The lowest BCUT2D eigenvalue weighted by Gasteiger charge is -2.24. The zero-order valence-corrected chi connectivity index (χ0v) is 16.9. The Hall–Kier alpha value is -1.63. The Morgan fingerprint density at radius 2 is 1.92 bits per heavy atom. The van der Waals surface area contributed by atoms with Gasteiger partial charge >= 0.3 is 5.97 Å². The lowest BCUT2D eigenvalue weighted by Crippen LogP contribution is -2.27. The van der Waals surface area contributed by atoms with Gasteiger partial charge in [-0.3, -0.25) is 4.90 Å². The van der Waals surface area contributed by atoms with Gasteiger partial charge in [-0.15, -0.1) is 29.9 Å². The van der Waals surface area contributed by atoms with Crippen LogP contribution >= 0.6 is 24.8 Å². The molecule has 1 aliphatic heterocycles. The number of nitrogens with zero attached hydrogens (tertiary/aromatic N) is 4. The predicted molar refractivity (Wildman–Crippen MR) is 105 cm³/mol. The number of halogens is 2. The van der Waals surface area contributed by atoms with E-state index >= 15 is 0 Å². The summed E-state index contributed by atoms with van der Waals surface area (Å²) in [6.07, 6.45) is 3.94. The van der Waals surface area contributed by atoms with Gasteiger partial charge in [-0.05, 0) is 39.2 Å². The molecular formula is C18H26Cl2N4O2.